The monoisotopic (exact) mass is 249 g/mol. The van der Waals surface area contributed by atoms with Crippen LogP contribution in [0.15, 0.2) is 18.2 Å². The average Bonchev–Trinajstić information content (AvgIpc) is 2.39. The number of hydrogen-bond donors (Lipinski definition) is 0. The highest BCUT2D eigenvalue weighted by atomic mass is 16.6. The molecule has 0 saturated carbocycles. The molecule has 1 fully saturated rings. The first-order chi connectivity index (χ1) is 8.61. The lowest BCUT2D eigenvalue weighted by molar-refractivity contribution is -0.384. The van der Waals surface area contributed by atoms with Crippen LogP contribution >= 0.6 is 0 Å². The van der Waals surface area contributed by atoms with Crippen LogP contribution in [0.4, 0.5) is 11.4 Å². The lowest BCUT2D eigenvalue weighted by Crippen LogP contribution is -2.46. The Kier molecular flexibility index (Phi) is 3.81. The molecule has 98 valence electrons. The Labute approximate surface area is 107 Å². The second-order valence-electron chi connectivity index (χ2n) is 4.67. The molecule has 1 aliphatic heterocycles. The van der Waals surface area contributed by atoms with Gasteiger partial charge >= 0.3 is 0 Å². The van der Waals surface area contributed by atoms with Crippen LogP contribution in [-0.2, 0) is 0 Å². The third-order valence-electron chi connectivity index (χ3n) is 3.49. The number of likely N-dealkylation sites (N-methyl/N-ethyl adjacent to an activating group) is 1. The number of hydrogen-bond acceptors (Lipinski definition) is 4. The molecule has 1 heterocycles. The third-order valence-corrected chi connectivity index (χ3v) is 3.49. The van der Waals surface area contributed by atoms with Crippen molar-refractivity contribution in [2.75, 3.05) is 37.6 Å². The second-order valence-corrected chi connectivity index (χ2v) is 4.67. The number of nitrogens with zero attached hydrogens (tertiary/aromatic N) is 3. The van der Waals surface area contributed by atoms with E-state index >= 15 is 0 Å². The summed E-state index contributed by atoms with van der Waals surface area (Å²) in [6.45, 7) is 8.73. The molecular weight excluding hydrogens is 230 g/mol. The summed E-state index contributed by atoms with van der Waals surface area (Å²) in [7, 11) is 0. The summed E-state index contributed by atoms with van der Waals surface area (Å²) < 4.78 is 0. The predicted molar refractivity (Wildman–Crippen MR) is 72.2 cm³/mol. The van der Waals surface area contributed by atoms with Gasteiger partial charge in [0.25, 0.3) is 5.69 Å². The molecule has 0 radical (unpaired) electrons. The van der Waals surface area contributed by atoms with Gasteiger partial charge in [0.2, 0.25) is 0 Å². The van der Waals surface area contributed by atoms with Crippen LogP contribution in [0.1, 0.15) is 12.5 Å². The van der Waals surface area contributed by atoms with E-state index in [2.05, 4.69) is 16.7 Å². The molecule has 1 saturated heterocycles. The number of anilines is 1. The topological polar surface area (TPSA) is 49.6 Å². The molecular formula is C13H19N3O2. The van der Waals surface area contributed by atoms with Crippen LogP contribution in [0.25, 0.3) is 0 Å². The quantitative estimate of drug-likeness (QED) is 0.607. The zero-order chi connectivity index (χ0) is 13.1. The van der Waals surface area contributed by atoms with Crippen molar-refractivity contribution in [1.82, 2.24) is 4.90 Å². The van der Waals surface area contributed by atoms with E-state index in [9.17, 15) is 10.1 Å². The minimum atomic E-state index is -0.283. The average molecular weight is 249 g/mol. The number of aryl methyl sites for hydroxylation is 1. The van der Waals surface area contributed by atoms with E-state index in [1.165, 1.54) is 0 Å². The van der Waals surface area contributed by atoms with Crippen molar-refractivity contribution in [1.29, 1.82) is 0 Å². The maximum Gasteiger partial charge on any atom is 0.292 e. The summed E-state index contributed by atoms with van der Waals surface area (Å²) >= 11 is 0. The fraction of sp³-hybridized carbons (Fsp3) is 0.538. The van der Waals surface area contributed by atoms with Crippen molar-refractivity contribution < 1.29 is 4.92 Å². The molecule has 0 aromatic heterocycles. The molecule has 0 atom stereocenters. The van der Waals surface area contributed by atoms with Crippen LogP contribution < -0.4 is 4.90 Å². The molecule has 5 heteroatoms. The molecule has 2 rings (SSSR count). The number of piperazine rings is 1. The van der Waals surface area contributed by atoms with E-state index in [0.29, 0.717) is 0 Å². The molecule has 1 aromatic rings. The van der Waals surface area contributed by atoms with Crippen LogP contribution in [0.2, 0.25) is 0 Å². The second kappa shape index (κ2) is 5.35. The molecule has 0 spiro atoms. The molecule has 18 heavy (non-hydrogen) atoms. The van der Waals surface area contributed by atoms with Gasteiger partial charge in [-0.3, -0.25) is 10.1 Å². The SMILES string of the molecule is CCN1CCN(c2ccc(C)cc2[N+](=O)[O-])CC1. The van der Waals surface area contributed by atoms with Crippen LogP contribution in [0, 0.1) is 17.0 Å². The summed E-state index contributed by atoms with van der Waals surface area (Å²) in [4.78, 5) is 15.3. The Hall–Kier alpha value is -1.62. The van der Waals surface area contributed by atoms with Gasteiger partial charge < -0.3 is 9.80 Å². The lowest BCUT2D eigenvalue weighted by atomic mass is 10.1. The highest BCUT2D eigenvalue weighted by Gasteiger charge is 2.22. The maximum atomic E-state index is 11.1. The van der Waals surface area contributed by atoms with Crippen molar-refractivity contribution >= 4 is 11.4 Å². The zero-order valence-corrected chi connectivity index (χ0v) is 10.9. The standard InChI is InChI=1S/C13H19N3O2/c1-3-14-6-8-15(9-7-14)12-5-4-11(2)10-13(12)16(17)18/h4-5,10H,3,6-9H2,1-2H3. The largest absolute Gasteiger partial charge is 0.363 e. The van der Waals surface area contributed by atoms with Crippen LogP contribution in [0.3, 0.4) is 0 Å². The highest BCUT2D eigenvalue weighted by molar-refractivity contribution is 5.64. The fourth-order valence-corrected chi connectivity index (χ4v) is 2.35. The van der Waals surface area contributed by atoms with E-state index in [4.69, 9.17) is 0 Å². The normalized spacial score (nSPS) is 16.9. The first kappa shape index (κ1) is 12.8. The molecule has 0 bridgehead atoms. The lowest BCUT2D eigenvalue weighted by Gasteiger charge is -2.35. The van der Waals surface area contributed by atoms with Gasteiger partial charge in [0.05, 0.1) is 4.92 Å². The maximum absolute atomic E-state index is 11.1. The number of benzene rings is 1. The molecule has 0 aliphatic carbocycles. The van der Waals surface area contributed by atoms with Gasteiger partial charge in [-0.1, -0.05) is 13.0 Å². The zero-order valence-electron chi connectivity index (χ0n) is 10.9. The molecule has 0 unspecified atom stereocenters. The predicted octanol–water partition coefficient (Wildman–Crippen LogP) is 2.05. The smallest absolute Gasteiger partial charge is 0.292 e. The summed E-state index contributed by atoms with van der Waals surface area (Å²) in [5.74, 6) is 0. The Morgan fingerprint density at radius 3 is 2.50 bits per heavy atom. The summed E-state index contributed by atoms with van der Waals surface area (Å²) in [5.41, 5.74) is 1.90. The van der Waals surface area contributed by atoms with E-state index in [0.717, 1.165) is 44.0 Å². The van der Waals surface area contributed by atoms with Gasteiger partial charge in [0.15, 0.2) is 0 Å². The Morgan fingerprint density at radius 1 is 1.28 bits per heavy atom. The van der Waals surface area contributed by atoms with Gasteiger partial charge in [-0.2, -0.15) is 0 Å². The van der Waals surface area contributed by atoms with Gasteiger partial charge in [-0.05, 0) is 25.1 Å². The van der Waals surface area contributed by atoms with Crippen molar-refractivity contribution in [2.45, 2.75) is 13.8 Å². The fourth-order valence-electron chi connectivity index (χ4n) is 2.35. The van der Waals surface area contributed by atoms with E-state index in [1.807, 2.05) is 19.1 Å². The molecule has 1 aromatic carbocycles. The molecule has 0 N–H and O–H groups in total. The minimum absolute atomic E-state index is 0.222. The Bertz CT molecular complexity index is 440. The van der Waals surface area contributed by atoms with Crippen molar-refractivity contribution in [3.05, 3.63) is 33.9 Å². The third kappa shape index (κ3) is 2.61. The van der Waals surface area contributed by atoms with Gasteiger partial charge in [-0.15, -0.1) is 0 Å². The number of rotatable bonds is 3. The number of nitro groups is 1. The number of nitro benzene ring substituents is 1. The molecule has 1 aliphatic rings. The van der Waals surface area contributed by atoms with Gasteiger partial charge in [0.1, 0.15) is 5.69 Å². The summed E-state index contributed by atoms with van der Waals surface area (Å²) in [5, 5.41) is 11.1. The Balaban J connectivity index is 2.21. The molecule has 0 amide bonds. The van der Waals surface area contributed by atoms with E-state index < -0.39 is 0 Å². The first-order valence-corrected chi connectivity index (χ1v) is 6.34. The van der Waals surface area contributed by atoms with Crippen LogP contribution in [-0.4, -0.2) is 42.5 Å². The summed E-state index contributed by atoms with van der Waals surface area (Å²) in [6.07, 6.45) is 0. The van der Waals surface area contributed by atoms with Crippen molar-refractivity contribution in [3.8, 4) is 0 Å². The first-order valence-electron chi connectivity index (χ1n) is 6.34. The van der Waals surface area contributed by atoms with Gasteiger partial charge in [-0.25, -0.2) is 0 Å². The van der Waals surface area contributed by atoms with Gasteiger partial charge in [0, 0.05) is 32.2 Å². The molecule has 5 nitrogen and oxygen atoms in total. The Morgan fingerprint density at radius 2 is 1.94 bits per heavy atom. The van der Waals surface area contributed by atoms with Crippen molar-refractivity contribution in [3.63, 3.8) is 0 Å². The van der Waals surface area contributed by atoms with Crippen molar-refractivity contribution in [2.24, 2.45) is 0 Å². The van der Waals surface area contributed by atoms with Crippen LogP contribution in [0.5, 0.6) is 0 Å². The van der Waals surface area contributed by atoms with E-state index in [1.54, 1.807) is 6.07 Å². The highest BCUT2D eigenvalue weighted by Crippen LogP contribution is 2.29. The minimum Gasteiger partial charge on any atom is -0.363 e. The van der Waals surface area contributed by atoms with E-state index in [-0.39, 0.29) is 10.6 Å². The summed E-state index contributed by atoms with van der Waals surface area (Å²) in [6, 6.07) is 5.46.